The van der Waals surface area contributed by atoms with Gasteiger partial charge in [-0.2, -0.15) is 0 Å². The summed E-state index contributed by atoms with van der Waals surface area (Å²) in [6, 6.07) is 0. The smallest absolute Gasteiger partial charge is 0.191 e. The highest BCUT2D eigenvalue weighted by Crippen LogP contribution is 2.42. The van der Waals surface area contributed by atoms with Crippen LogP contribution < -0.4 is 0 Å². The minimum Gasteiger partial charge on any atom is -0.396 e. The van der Waals surface area contributed by atoms with E-state index in [-0.39, 0.29) is 13.0 Å². The molecule has 0 aliphatic carbocycles. The molecule has 2 fully saturated rings. The molecule has 2 aliphatic heterocycles. The molecule has 6 nitrogen and oxygen atoms in total. The Hall–Kier alpha value is -0.530. The Kier molecular flexibility index (Phi) is 2.80. The van der Waals surface area contributed by atoms with E-state index in [2.05, 4.69) is 0 Å². The Bertz CT molecular complexity index is 291. The van der Waals surface area contributed by atoms with Crippen LogP contribution in [0.5, 0.6) is 0 Å². The van der Waals surface area contributed by atoms with Crippen molar-refractivity contribution in [1.82, 2.24) is 0 Å². The van der Waals surface area contributed by atoms with Gasteiger partial charge < -0.3 is 29.2 Å². The van der Waals surface area contributed by atoms with Crippen molar-refractivity contribution in [3.63, 3.8) is 0 Å². The molecule has 0 aromatic rings. The molecular weight excluding hydrogens is 216 g/mol. The molecular formula is C10H16O6. The van der Waals surface area contributed by atoms with Gasteiger partial charge in [-0.15, -0.1) is 0 Å². The molecule has 0 saturated carbocycles. The number of aldehydes is 1. The minimum absolute atomic E-state index is 0.0256. The van der Waals surface area contributed by atoms with Crippen LogP contribution in [0.15, 0.2) is 0 Å². The fraction of sp³-hybridized carbons (Fsp3) is 0.900. The van der Waals surface area contributed by atoms with Gasteiger partial charge in [-0.25, -0.2) is 0 Å². The minimum atomic E-state index is -1.42. The maximum atomic E-state index is 11.0. The fourth-order valence-electron chi connectivity index (χ4n) is 2.16. The largest absolute Gasteiger partial charge is 0.396 e. The van der Waals surface area contributed by atoms with Crippen LogP contribution in [-0.2, 0) is 19.0 Å². The normalized spacial score (nSPS) is 45.6. The summed E-state index contributed by atoms with van der Waals surface area (Å²) in [6.07, 6.45) is -2.04. The zero-order chi connectivity index (χ0) is 12.0. The second-order valence-corrected chi connectivity index (χ2v) is 4.58. The molecule has 2 N–H and O–H groups in total. The van der Waals surface area contributed by atoms with E-state index in [0.717, 1.165) is 0 Å². The Morgan fingerprint density at radius 3 is 2.50 bits per heavy atom. The maximum absolute atomic E-state index is 11.0. The zero-order valence-electron chi connectivity index (χ0n) is 9.25. The van der Waals surface area contributed by atoms with Crippen molar-refractivity contribution < 1.29 is 29.2 Å². The maximum Gasteiger partial charge on any atom is 0.191 e. The van der Waals surface area contributed by atoms with E-state index in [1.54, 1.807) is 13.8 Å². The lowest BCUT2D eigenvalue weighted by atomic mass is 9.94. The molecule has 2 rings (SSSR count). The van der Waals surface area contributed by atoms with Crippen molar-refractivity contribution in [3.05, 3.63) is 0 Å². The zero-order valence-corrected chi connectivity index (χ0v) is 9.25. The topological polar surface area (TPSA) is 85.2 Å². The Morgan fingerprint density at radius 2 is 2.00 bits per heavy atom. The average Bonchev–Trinajstić information content (AvgIpc) is 2.62. The van der Waals surface area contributed by atoms with E-state index in [4.69, 9.17) is 19.3 Å². The number of rotatable bonds is 3. The van der Waals surface area contributed by atoms with Gasteiger partial charge in [-0.05, 0) is 13.8 Å². The lowest BCUT2D eigenvalue weighted by molar-refractivity contribution is -0.234. The van der Waals surface area contributed by atoms with Crippen molar-refractivity contribution in [2.45, 2.75) is 50.2 Å². The first-order valence-corrected chi connectivity index (χ1v) is 5.23. The van der Waals surface area contributed by atoms with Crippen LogP contribution in [0.4, 0.5) is 0 Å². The molecule has 0 spiro atoms. The monoisotopic (exact) mass is 232 g/mol. The van der Waals surface area contributed by atoms with E-state index in [0.29, 0.717) is 6.29 Å². The summed E-state index contributed by atoms with van der Waals surface area (Å²) in [5.74, 6) is -0.829. The van der Waals surface area contributed by atoms with E-state index < -0.39 is 29.9 Å². The standard InChI is InChI=1S/C10H16O6/c1-9(2)14-6-7(13)10(5-12,3-4-11)16-8(6)15-9/h5-8,11,13H,3-4H2,1-2H3/t6?,7-,8-,10+/m1/s1. The second-order valence-electron chi connectivity index (χ2n) is 4.58. The lowest BCUT2D eigenvalue weighted by Crippen LogP contribution is -2.47. The summed E-state index contributed by atoms with van der Waals surface area (Å²) in [7, 11) is 0. The van der Waals surface area contributed by atoms with E-state index in [1.807, 2.05) is 0 Å². The molecule has 1 unspecified atom stereocenters. The van der Waals surface area contributed by atoms with Crippen LogP contribution >= 0.6 is 0 Å². The van der Waals surface area contributed by atoms with Crippen molar-refractivity contribution in [2.24, 2.45) is 0 Å². The van der Waals surface area contributed by atoms with Gasteiger partial charge in [0, 0.05) is 13.0 Å². The first-order chi connectivity index (χ1) is 7.44. The quantitative estimate of drug-likeness (QED) is 0.618. The highest BCUT2D eigenvalue weighted by molar-refractivity contribution is 5.65. The number of fused-ring (bicyclic) bond motifs is 1. The molecule has 0 aromatic carbocycles. The highest BCUT2D eigenvalue weighted by atomic mass is 16.8. The number of hydrogen-bond donors (Lipinski definition) is 2. The number of aliphatic hydroxyl groups is 2. The van der Waals surface area contributed by atoms with Crippen LogP contribution in [0.1, 0.15) is 20.3 Å². The molecule has 0 amide bonds. The molecule has 16 heavy (non-hydrogen) atoms. The van der Waals surface area contributed by atoms with Gasteiger partial charge in [0.1, 0.15) is 12.2 Å². The van der Waals surface area contributed by atoms with Crippen molar-refractivity contribution in [1.29, 1.82) is 0 Å². The van der Waals surface area contributed by atoms with Gasteiger partial charge in [-0.1, -0.05) is 0 Å². The van der Waals surface area contributed by atoms with Crippen molar-refractivity contribution in [3.8, 4) is 0 Å². The van der Waals surface area contributed by atoms with Gasteiger partial charge >= 0.3 is 0 Å². The average molecular weight is 232 g/mol. The fourth-order valence-corrected chi connectivity index (χ4v) is 2.16. The summed E-state index contributed by atoms with van der Waals surface area (Å²) in [6.45, 7) is 3.16. The van der Waals surface area contributed by atoms with Crippen LogP contribution in [0.2, 0.25) is 0 Å². The van der Waals surface area contributed by atoms with E-state index in [9.17, 15) is 9.90 Å². The van der Waals surface area contributed by atoms with Gasteiger partial charge in [-0.3, -0.25) is 0 Å². The van der Waals surface area contributed by atoms with Crippen LogP contribution in [-0.4, -0.2) is 53.0 Å². The molecule has 2 heterocycles. The summed E-state index contributed by atoms with van der Waals surface area (Å²) in [5.41, 5.74) is -1.42. The van der Waals surface area contributed by atoms with Crippen LogP contribution in [0.25, 0.3) is 0 Å². The summed E-state index contributed by atoms with van der Waals surface area (Å²) in [4.78, 5) is 11.0. The SMILES string of the molecule is CC1(C)OC2[C@H](O1)O[C@](C=O)(CCO)[C@@H]2O. The summed E-state index contributed by atoms with van der Waals surface area (Å²) >= 11 is 0. The molecule has 4 atom stereocenters. The number of hydrogen-bond acceptors (Lipinski definition) is 6. The van der Waals surface area contributed by atoms with Gasteiger partial charge in [0.2, 0.25) is 0 Å². The Balaban J connectivity index is 2.18. The molecule has 6 heteroatoms. The van der Waals surface area contributed by atoms with Crippen molar-refractivity contribution >= 4 is 6.29 Å². The number of aliphatic hydroxyl groups excluding tert-OH is 2. The Morgan fingerprint density at radius 1 is 1.31 bits per heavy atom. The molecule has 2 saturated heterocycles. The van der Waals surface area contributed by atoms with Crippen molar-refractivity contribution in [2.75, 3.05) is 6.61 Å². The molecule has 0 radical (unpaired) electrons. The van der Waals surface area contributed by atoms with E-state index in [1.165, 1.54) is 0 Å². The lowest BCUT2D eigenvalue weighted by Gasteiger charge is -2.29. The van der Waals surface area contributed by atoms with Gasteiger partial charge in [0.25, 0.3) is 0 Å². The van der Waals surface area contributed by atoms with Gasteiger partial charge in [0.05, 0.1) is 0 Å². The molecule has 0 bridgehead atoms. The molecule has 92 valence electrons. The number of carbonyl (C=O) groups is 1. The first-order valence-electron chi connectivity index (χ1n) is 5.23. The number of carbonyl (C=O) groups excluding carboxylic acids is 1. The van der Waals surface area contributed by atoms with Gasteiger partial charge in [0.15, 0.2) is 24.0 Å². The summed E-state index contributed by atoms with van der Waals surface area (Å²) < 4.78 is 16.2. The predicted molar refractivity (Wildman–Crippen MR) is 51.4 cm³/mol. The van der Waals surface area contributed by atoms with Crippen LogP contribution in [0.3, 0.4) is 0 Å². The Labute approximate surface area is 93.1 Å². The second kappa shape index (κ2) is 3.75. The van der Waals surface area contributed by atoms with E-state index >= 15 is 0 Å². The number of ether oxygens (including phenoxy) is 3. The predicted octanol–water partition coefficient (Wildman–Crippen LogP) is -0.825. The molecule has 0 aromatic heterocycles. The third-order valence-electron chi connectivity index (χ3n) is 2.94. The third-order valence-corrected chi connectivity index (χ3v) is 2.94. The first kappa shape index (κ1) is 11.9. The highest BCUT2D eigenvalue weighted by Gasteiger charge is 2.61. The third kappa shape index (κ3) is 1.66. The molecule has 2 aliphatic rings. The summed E-state index contributed by atoms with van der Waals surface area (Å²) in [5, 5.41) is 18.9. The van der Waals surface area contributed by atoms with Crippen LogP contribution in [0, 0.1) is 0 Å².